The van der Waals surface area contributed by atoms with Gasteiger partial charge in [-0.25, -0.2) is 4.98 Å². The second-order valence-electron chi connectivity index (χ2n) is 4.24. The van der Waals surface area contributed by atoms with Crippen LogP contribution in [0.1, 0.15) is 36.0 Å². The molecule has 18 heavy (non-hydrogen) atoms. The lowest BCUT2D eigenvalue weighted by molar-refractivity contribution is 0.0945. The molecule has 0 spiro atoms. The monoisotopic (exact) mass is 248 g/mol. The van der Waals surface area contributed by atoms with Crippen LogP contribution in [0.15, 0.2) is 29.3 Å². The Bertz CT molecular complexity index is 502. The Morgan fingerprint density at radius 2 is 2.39 bits per heavy atom. The first kappa shape index (κ1) is 12.3. The van der Waals surface area contributed by atoms with Crippen molar-refractivity contribution >= 4 is 5.91 Å². The maximum absolute atomic E-state index is 11.9. The number of oxazole rings is 1. The van der Waals surface area contributed by atoms with Gasteiger partial charge in [0, 0.05) is 24.9 Å². The van der Waals surface area contributed by atoms with Crippen LogP contribution in [0, 0.1) is 0 Å². The molecule has 6 nitrogen and oxygen atoms in total. The number of carbonyl (C=O) groups is 1. The summed E-state index contributed by atoms with van der Waals surface area (Å²) >= 11 is 0. The van der Waals surface area contributed by atoms with Gasteiger partial charge in [0.25, 0.3) is 5.91 Å². The average molecular weight is 248 g/mol. The second kappa shape index (κ2) is 5.48. The largest absolute Gasteiger partial charge is 0.447 e. The highest BCUT2D eigenvalue weighted by Crippen LogP contribution is 2.17. The molecule has 2 aromatic rings. The van der Waals surface area contributed by atoms with E-state index < -0.39 is 0 Å². The van der Waals surface area contributed by atoms with Gasteiger partial charge in [-0.2, -0.15) is 5.10 Å². The van der Waals surface area contributed by atoms with Gasteiger partial charge in [0.1, 0.15) is 5.76 Å². The van der Waals surface area contributed by atoms with Crippen molar-refractivity contribution in [2.24, 2.45) is 0 Å². The Balaban J connectivity index is 1.89. The molecule has 0 bridgehead atoms. The highest BCUT2D eigenvalue weighted by atomic mass is 16.3. The van der Waals surface area contributed by atoms with Gasteiger partial charge in [-0.05, 0) is 6.07 Å². The van der Waals surface area contributed by atoms with Gasteiger partial charge in [-0.1, -0.05) is 13.8 Å². The molecule has 6 heteroatoms. The van der Waals surface area contributed by atoms with Gasteiger partial charge >= 0.3 is 0 Å². The lowest BCUT2D eigenvalue weighted by atomic mass is 10.1. The zero-order chi connectivity index (χ0) is 13.0. The number of rotatable bonds is 5. The predicted molar refractivity (Wildman–Crippen MR) is 65.2 cm³/mol. The van der Waals surface area contributed by atoms with Crippen molar-refractivity contribution in [1.82, 2.24) is 20.1 Å². The van der Waals surface area contributed by atoms with E-state index in [9.17, 15) is 4.79 Å². The fourth-order valence-electron chi connectivity index (χ4n) is 1.64. The molecule has 96 valence electrons. The first-order valence-corrected chi connectivity index (χ1v) is 5.87. The van der Waals surface area contributed by atoms with E-state index in [-0.39, 0.29) is 11.8 Å². The van der Waals surface area contributed by atoms with E-state index in [2.05, 4.69) is 15.4 Å². The molecular weight excluding hydrogens is 232 g/mol. The third kappa shape index (κ3) is 2.77. The third-order valence-corrected chi connectivity index (χ3v) is 2.52. The molecule has 0 saturated carbocycles. The maximum Gasteiger partial charge on any atom is 0.273 e. The number of hydrogen-bond donors (Lipinski definition) is 1. The molecule has 0 atom stereocenters. The summed E-state index contributed by atoms with van der Waals surface area (Å²) in [6.07, 6.45) is 4.86. The predicted octanol–water partition coefficient (Wildman–Crippen LogP) is 1.42. The fourth-order valence-corrected chi connectivity index (χ4v) is 1.64. The number of carbonyl (C=O) groups excluding carboxylic acids is 1. The molecule has 2 aromatic heterocycles. The zero-order valence-electron chi connectivity index (χ0n) is 10.5. The van der Waals surface area contributed by atoms with Crippen molar-refractivity contribution in [3.63, 3.8) is 0 Å². The topological polar surface area (TPSA) is 73.0 Å². The molecule has 0 radical (unpaired) electrons. The summed E-state index contributed by atoms with van der Waals surface area (Å²) in [5, 5.41) is 6.85. The minimum Gasteiger partial charge on any atom is -0.447 e. The number of aromatic nitrogens is 3. The minimum absolute atomic E-state index is 0.138. The van der Waals surface area contributed by atoms with Gasteiger partial charge < -0.3 is 9.73 Å². The molecule has 2 heterocycles. The molecule has 0 aromatic carbocycles. The van der Waals surface area contributed by atoms with Crippen molar-refractivity contribution in [1.29, 1.82) is 0 Å². The zero-order valence-corrected chi connectivity index (χ0v) is 10.5. The van der Waals surface area contributed by atoms with Crippen LogP contribution in [0.3, 0.4) is 0 Å². The normalized spacial score (nSPS) is 10.8. The molecule has 0 aliphatic heterocycles. The molecule has 2 rings (SSSR count). The first-order valence-electron chi connectivity index (χ1n) is 5.87. The van der Waals surface area contributed by atoms with Crippen molar-refractivity contribution in [2.75, 3.05) is 6.54 Å². The van der Waals surface area contributed by atoms with E-state index in [1.807, 2.05) is 26.1 Å². The Kier molecular flexibility index (Phi) is 3.76. The number of nitrogens with zero attached hydrogens (tertiary/aromatic N) is 3. The Morgan fingerprint density at radius 3 is 3.06 bits per heavy atom. The molecule has 0 saturated heterocycles. The van der Waals surface area contributed by atoms with Gasteiger partial charge in [0.15, 0.2) is 12.1 Å². The van der Waals surface area contributed by atoms with Crippen molar-refractivity contribution in [3.05, 3.63) is 36.3 Å². The van der Waals surface area contributed by atoms with Crippen molar-refractivity contribution in [3.8, 4) is 0 Å². The summed E-state index contributed by atoms with van der Waals surface area (Å²) in [5.41, 5.74) is 0.366. The maximum atomic E-state index is 11.9. The lowest BCUT2D eigenvalue weighted by Gasteiger charge is -2.06. The second-order valence-corrected chi connectivity index (χ2v) is 4.24. The summed E-state index contributed by atoms with van der Waals surface area (Å²) in [6, 6.07) is 1.84. The molecule has 0 unspecified atom stereocenters. The fraction of sp³-hybridized carbons (Fsp3) is 0.417. The van der Waals surface area contributed by atoms with Crippen LogP contribution in [0.5, 0.6) is 0 Å². The van der Waals surface area contributed by atoms with E-state index >= 15 is 0 Å². The first-order chi connectivity index (χ1) is 8.68. The number of amides is 1. The van der Waals surface area contributed by atoms with Gasteiger partial charge in [-0.3, -0.25) is 9.48 Å². The molecule has 0 aliphatic rings. The molecular formula is C12H16N4O2. The van der Waals surface area contributed by atoms with Crippen LogP contribution >= 0.6 is 0 Å². The lowest BCUT2D eigenvalue weighted by Crippen LogP contribution is -2.28. The summed E-state index contributed by atoms with van der Waals surface area (Å²) in [4.78, 5) is 15.8. The Hall–Kier alpha value is -2.11. The molecule has 0 aliphatic carbocycles. The summed E-state index contributed by atoms with van der Waals surface area (Å²) in [5.74, 6) is 0.547. The van der Waals surface area contributed by atoms with E-state index in [0.717, 1.165) is 0 Å². The van der Waals surface area contributed by atoms with Crippen LogP contribution in [-0.2, 0) is 6.54 Å². The smallest absolute Gasteiger partial charge is 0.273 e. The highest BCUT2D eigenvalue weighted by molar-refractivity contribution is 5.93. The third-order valence-electron chi connectivity index (χ3n) is 2.52. The quantitative estimate of drug-likeness (QED) is 0.868. The standard InChI is InChI=1S/C12H16N4O2/c1-9(2)11-10(14-8-18-11)12(17)13-5-7-16-6-3-4-15-16/h3-4,6,8-9H,5,7H2,1-2H3,(H,13,17). The van der Waals surface area contributed by atoms with Gasteiger partial charge in [0.05, 0.1) is 6.54 Å². The Morgan fingerprint density at radius 1 is 1.56 bits per heavy atom. The summed E-state index contributed by atoms with van der Waals surface area (Å²) in [7, 11) is 0. The van der Waals surface area contributed by atoms with Crippen LogP contribution < -0.4 is 5.32 Å². The highest BCUT2D eigenvalue weighted by Gasteiger charge is 2.18. The number of hydrogen-bond acceptors (Lipinski definition) is 4. The van der Waals surface area contributed by atoms with E-state index in [0.29, 0.717) is 24.5 Å². The van der Waals surface area contributed by atoms with Crippen LogP contribution in [-0.4, -0.2) is 27.2 Å². The summed E-state index contributed by atoms with van der Waals surface area (Å²) < 4.78 is 6.97. The Labute approximate surface area is 105 Å². The van der Waals surface area contributed by atoms with Gasteiger partial charge in [0.2, 0.25) is 0 Å². The van der Waals surface area contributed by atoms with Crippen LogP contribution in [0.4, 0.5) is 0 Å². The van der Waals surface area contributed by atoms with Crippen LogP contribution in [0.25, 0.3) is 0 Å². The van der Waals surface area contributed by atoms with E-state index in [4.69, 9.17) is 4.42 Å². The van der Waals surface area contributed by atoms with E-state index in [1.165, 1.54) is 6.39 Å². The molecule has 1 N–H and O–H groups in total. The summed E-state index contributed by atoms with van der Waals surface area (Å²) in [6.45, 7) is 5.06. The average Bonchev–Trinajstić information content (AvgIpc) is 2.99. The van der Waals surface area contributed by atoms with Crippen LogP contribution in [0.2, 0.25) is 0 Å². The molecule has 0 fully saturated rings. The molecule has 1 amide bonds. The number of nitrogens with one attached hydrogen (secondary N) is 1. The van der Waals surface area contributed by atoms with E-state index in [1.54, 1.807) is 10.9 Å². The van der Waals surface area contributed by atoms with Crippen molar-refractivity contribution in [2.45, 2.75) is 26.3 Å². The van der Waals surface area contributed by atoms with Gasteiger partial charge in [-0.15, -0.1) is 0 Å². The minimum atomic E-state index is -0.209. The SMILES string of the molecule is CC(C)c1ocnc1C(=O)NCCn1cccn1. The van der Waals surface area contributed by atoms with Crippen molar-refractivity contribution < 1.29 is 9.21 Å².